The Morgan fingerprint density at radius 1 is 1.14 bits per heavy atom. The van der Waals surface area contributed by atoms with Crippen molar-refractivity contribution in [1.29, 1.82) is 0 Å². The first kappa shape index (κ1) is 13.5. The molecule has 108 valence electrons. The predicted molar refractivity (Wildman–Crippen MR) is 80.9 cm³/mol. The van der Waals surface area contributed by atoms with Crippen molar-refractivity contribution in [1.82, 2.24) is 14.6 Å². The Balaban J connectivity index is 2.36. The van der Waals surface area contributed by atoms with Crippen LogP contribution in [0.25, 0.3) is 17.0 Å². The highest BCUT2D eigenvalue weighted by Gasteiger charge is 2.19. The molecule has 0 fully saturated rings. The van der Waals surface area contributed by atoms with Crippen LogP contribution in [0.15, 0.2) is 30.5 Å². The lowest BCUT2D eigenvalue weighted by molar-refractivity contribution is 0.396. The molecule has 3 aromatic rings. The maximum atomic E-state index is 6.07. The standard InChI is InChI=1S/C14H13ClN4O2/c1-20-10-4-3-5-11(21-2)12(10)14-18-17-13-9(16)6-8(15)7-19(13)14/h3-7H,16H2,1-2H3. The minimum Gasteiger partial charge on any atom is -0.496 e. The van der Waals surface area contributed by atoms with Gasteiger partial charge in [0.1, 0.15) is 17.1 Å². The summed E-state index contributed by atoms with van der Waals surface area (Å²) in [4.78, 5) is 0. The van der Waals surface area contributed by atoms with Crippen molar-refractivity contribution in [2.24, 2.45) is 0 Å². The molecule has 1 aromatic carbocycles. The molecule has 0 radical (unpaired) electrons. The Kier molecular flexibility index (Phi) is 3.31. The number of ether oxygens (including phenoxy) is 2. The van der Waals surface area contributed by atoms with Gasteiger partial charge in [-0.1, -0.05) is 17.7 Å². The lowest BCUT2D eigenvalue weighted by atomic mass is 10.1. The highest BCUT2D eigenvalue weighted by atomic mass is 35.5. The summed E-state index contributed by atoms with van der Waals surface area (Å²) in [6.07, 6.45) is 1.70. The van der Waals surface area contributed by atoms with Gasteiger partial charge < -0.3 is 15.2 Å². The summed E-state index contributed by atoms with van der Waals surface area (Å²) < 4.78 is 12.5. The molecule has 0 bridgehead atoms. The Bertz CT molecular complexity index is 794. The van der Waals surface area contributed by atoms with Crippen molar-refractivity contribution in [3.63, 3.8) is 0 Å². The third-order valence-electron chi connectivity index (χ3n) is 3.15. The number of halogens is 1. The number of rotatable bonds is 3. The molecule has 0 aliphatic heterocycles. The number of nitrogen functional groups attached to an aromatic ring is 1. The SMILES string of the molecule is COc1cccc(OC)c1-c1nnc2c(N)cc(Cl)cn12. The summed E-state index contributed by atoms with van der Waals surface area (Å²) in [6.45, 7) is 0. The van der Waals surface area contributed by atoms with E-state index in [0.29, 0.717) is 39.2 Å². The second-order valence-electron chi connectivity index (χ2n) is 4.37. The zero-order chi connectivity index (χ0) is 15.0. The number of nitrogens with zero attached hydrogens (tertiary/aromatic N) is 3. The monoisotopic (exact) mass is 304 g/mol. The topological polar surface area (TPSA) is 74.7 Å². The molecule has 6 nitrogen and oxygen atoms in total. The first-order valence-electron chi connectivity index (χ1n) is 6.17. The minimum absolute atomic E-state index is 0.454. The number of benzene rings is 1. The Hall–Kier alpha value is -2.47. The molecule has 0 spiro atoms. The molecule has 0 aliphatic rings. The van der Waals surface area contributed by atoms with Gasteiger partial charge in [-0.3, -0.25) is 4.40 Å². The van der Waals surface area contributed by atoms with Gasteiger partial charge in [-0.2, -0.15) is 0 Å². The van der Waals surface area contributed by atoms with Crippen LogP contribution in [0.2, 0.25) is 5.02 Å². The van der Waals surface area contributed by atoms with Crippen LogP contribution < -0.4 is 15.2 Å². The van der Waals surface area contributed by atoms with Gasteiger partial charge in [-0.25, -0.2) is 0 Å². The fourth-order valence-electron chi connectivity index (χ4n) is 2.23. The lowest BCUT2D eigenvalue weighted by Gasteiger charge is -2.11. The van der Waals surface area contributed by atoms with E-state index in [9.17, 15) is 0 Å². The number of hydrogen-bond acceptors (Lipinski definition) is 5. The summed E-state index contributed by atoms with van der Waals surface area (Å²) in [5.74, 6) is 1.80. The van der Waals surface area contributed by atoms with Crippen LogP contribution >= 0.6 is 11.6 Å². The van der Waals surface area contributed by atoms with Gasteiger partial charge in [0.2, 0.25) is 0 Å². The van der Waals surface area contributed by atoms with E-state index in [1.807, 2.05) is 18.2 Å². The molecule has 3 rings (SSSR count). The van der Waals surface area contributed by atoms with Crippen LogP contribution in [-0.2, 0) is 0 Å². The van der Waals surface area contributed by atoms with Gasteiger partial charge >= 0.3 is 0 Å². The number of methoxy groups -OCH3 is 2. The van der Waals surface area contributed by atoms with Crippen molar-refractivity contribution < 1.29 is 9.47 Å². The largest absolute Gasteiger partial charge is 0.496 e. The van der Waals surface area contributed by atoms with Crippen LogP contribution in [0.5, 0.6) is 11.5 Å². The summed E-state index contributed by atoms with van der Waals surface area (Å²) in [7, 11) is 3.17. The maximum absolute atomic E-state index is 6.07. The van der Waals surface area contributed by atoms with E-state index in [2.05, 4.69) is 10.2 Å². The van der Waals surface area contributed by atoms with Gasteiger partial charge in [0.15, 0.2) is 11.5 Å². The fraction of sp³-hybridized carbons (Fsp3) is 0.143. The van der Waals surface area contributed by atoms with Crippen molar-refractivity contribution >= 4 is 22.9 Å². The normalized spacial score (nSPS) is 10.8. The third kappa shape index (κ3) is 2.13. The van der Waals surface area contributed by atoms with Crippen LogP contribution in [0.1, 0.15) is 0 Å². The van der Waals surface area contributed by atoms with Crippen molar-refractivity contribution in [2.75, 3.05) is 20.0 Å². The van der Waals surface area contributed by atoms with E-state index in [1.165, 1.54) is 0 Å². The summed E-state index contributed by atoms with van der Waals surface area (Å²) in [5.41, 5.74) is 7.59. The molecule has 2 N–H and O–H groups in total. The van der Waals surface area contributed by atoms with E-state index in [-0.39, 0.29) is 0 Å². The lowest BCUT2D eigenvalue weighted by Crippen LogP contribution is -1.98. The smallest absolute Gasteiger partial charge is 0.184 e. The van der Waals surface area contributed by atoms with Crippen LogP contribution in [-0.4, -0.2) is 28.8 Å². The molecular formula is C14H13ClN4O2. The number of pyridine rings is 1. The Morgan fingerprint density at radius 3 is 2.43 bits per heavy atom. The quantitative estimate of drug-likeness (QED) is 0.805. The summed E-state index contributed by atoms with van der Waals surface area (Å²) >= 11 is 6.07. The molecule has 0 aliphatic carbocycles. The van der Waals surface area contributed by atoms with Crippen LogP contribution in [0.3, 0.4) is 0 Å². The van der Waals surface area contributed by atoms with Gasteiger partial charge in [0, 0.05) is 6.20 Å². The van der Waals surface area contributed by atoms with Gasteiger partial charge in [0.25, 0.3) is 0 Å². The first-order valence-corrected chi connectivity index (χ1v) is 6.54. The molecule has 0 saturated carbocycles. The van der Waals surface area contributed by atoms with E-state index >= 15 is 0 Å². The molecule has 2 aromatic heterocycles. The third-order valence-corrected chi connectivity index (χ3v) is 3.36. The molecular weight excluding hydrogens is 292 g/mol. The fourth-order valence-corrected chi connectivity index (χ4v) is 2.44. The van der Waals surface area contributed by atoms with Crippen LogP contribution in [0.4, 0.5) is 5.69 Å². The van der Waals surface area contributed by atoms with Crippen LogP contribution in [0, 0.1) is 0 Å². The van der Waals surface area contributed by atoms with Crippen molar-refractivity contribution in [2.45, 2.75) is 0 Å². The number of fused-ring (bicyclic) bond motifs is 1. The van der Waals surface area contributed by atoms with E-state index in [1.54, 1.807) is 30.9 Å². The second kappa shape index (κ2) is 5.14. The van der Waals surface area contributed by atoms with E-state index < -0.39 is 0 Å². The first-order chi connectivity index (χ1) is 10.2. The minimum atomic E-state index is 0.454. The van der Waals surface area contributed by atoms with Crippen molar-refractivity contribution in [3.05, 3.63) is 35.5 Å². The summed E-state index contributed by atoms with van der Waals surface area (Å²) in [6, 6.07) is 7.13. The number of anilines is 1. The molecule has 7 heteroatoms. The van der Waals surface area contributed by atoms with Gasteiger partial charge in [-0.05, 0) is 18.2 Å². The zero-order valence-electron chi connectivity index (χ0n) is 11.5. The molecule has 0 atom stereocenters. The summed E-state index contributed by atoms with van der Waals surface area (Å²) in [5, 5.41) is 8.80. The zero-order valence-corrected chi connectivity index (χ0v) is 12.3. The Morgan fingerprint density at radius 2 is 1.81 bits per heavy atom. The van der Waals surface area contributed by atoms with Crippen molar-refractivity contribution in [3.8, 4) is 22.9 Å². The van der Waals surface area contributed by atoms with E-state index in [0.717, 1.165) is 0 Å². The second-order valence-corrected chi connectivity index (χ2v) is 4.80. The molecule has 21 heavy (non-hydrogen) atoms. The highest BCUT2D eigenvalue weighted by Crippen LogP contribution is 2.38. The molecule has 0 amide bonds. The average Bonchev–Trinajstić information content (AvgIpc) is 2.89. The molecule has 0 unspecified atom stereocenters. The number of hydrogen-bond donors (Lipinski definition) is 1. The maximum Gasteiger partial charge on any atom is 0.184 e. The number of nitrogens with two attached hydrogens (primary N) is 1. The molecule has 2 heterocycles. The van der Waals surface area contributed by atoms with Gasteiger partial charge in [-0.15, -0.1) is 10.2 Å². The molecule has 0 saturated heterocycles. The average molecular weight is 305 g/mol. The van der Waals surface area contributed by atoms with Gasteiger partial charge in [0.05, 0.1) is 24.9 Å². The Labute approximate surface area is 126 Å². The predicted octanol–water partition coefficient (Wildman–Crippen LogP) is 2.65. The van der Waals surface area contributed by atoms with E-state index in [4.69, 9.17) is 26.8 Å². The highest BCUT2D eigenvalue weighted by molar-refractivity contribution is 6.30. The number of aromatic nitrogens is 3.